The second-order valence-electron chi connectivity index (χ2n) is 28.0. The van der Waals surface area contributed by atoms with Gasteiger partial charge in [-0.25, -0.2) is 0 Å². The van der Waals surface area contributed by atoms with Crippen LogP contribution in [0.4, 0.5) is 34.1 Å². The van der Waals surface area contributed by atoms with Gasteiger partial charge in [0.1, 0.15) is 0 Å². The van der Waals surface area contributed by atoms with Crippen LogP contribution in [0.5, 0.6) is 0 Å². The smallest absolute Gasteiger partial charge is 0.252 e. The minimum absolute atomic E-state index is 0.0912. The molecule has 2 aliphatic heterocycles. The monoisotopic (exact) mass is 1030 g/mol. The molecular formula is C74H75BN4. The van der Waals surface area contributed by atoms with Gasteiger partial charge in [-0.2, -0.15) is 0 Å². The quantitative estimate of drug-likeness (QED) is 0.163. The van der Waals surface area contributed by atoms with Crippen LogP contribution in [0.2, 0.25) is 0 Å². The molecule has 9 aromatic carbocycles. The van der Waals surface area contributed by atoms with E-state index in [0.29, 0.717) is 0 Å². The number of nitrogens with zero attached hydrogens (tertiary/aromatic N) is 4. The Labute approximate surface area is 469 Å². The molecule has 2 aromatic heterocycles. The summed E-state index contributed by atoms with van der Waals surface area (Å²) < 4.78 is 5.01. The summed E-state index contributed by atoms with van der Waals surface area (Å²) in [6, 6.07) is 70.5. The maximum absolute atomic E-state index is 2.66. The molecule has 0 aliphatic carbocycles. The summed E-state index contributed by atoms with van der Waals surface area (Å²) >= 11 is 0. The van der Waals surface area contributed by atoms with Crippen LogP contribution < -0.4 is 26.2 Å². The normalized spacial score (nSPS) is 13.9. The zero-order valence-electron chi connectivity index (χ0n) is 49.2. The largest absolute Gasteiger partial charge is 0.311 e. The molecule has 0 saturated carbocycles. The molecule has 0 atom stereocenters. The summed E-state index contributed by atoms with van der Waals surface area (Å²) in [6.45, 7) is 35.3. The maximum atomic E-state index is 2.66. The van der Waals surface area contributed by atoms with E-state index in [-0.39, 0.29) is 33.8 Å². The molecule has 0 spiro atoms. The number of anilines is 6. The van der Waals surface area contributed by atoms with E-state index in [1.165, 1.54) is 122 Å². The number of hydrogen-bond donors (Lipinski definition) is 0. The lowest BCUT2D eigenvalue weighted by atomic mass is 9.33. The van der Waals surface area contributed by atoms with E-state index in [2.05, 4.69) is 305 Å². The number of benzene rings is 9. The van der Waals surface area contributed by atoms with Crippen molar-refractivity contribution < 1.29 is 0 Å². The summed E-state index contributed by atoms with van der Waals surface area (Å²) in [7, 11) is 0. The van der Waals surface area contributed by atoms with Gasteiger partial charge in [0, 0.05) is 67.0 Å². The number of para-hydroxylation sites is 4. The molecule has 13 rings (SSSR count). The van der Waals surface area contributed by atoms with Gasteiger partial charge in [-0.15, -0.1) is 0 Å². The van der Waals surface area contributed by atoms with Crippen molar-refractivity contribution in [2.24, 2.45) is 0 Å². The van der Waals surface area contributed by atoms with Gasteiger partial charge < -0.3 is 18.9 Å². The van der Waals surface area contributed by atoms with Crippen LogP contribution in [0, 0.1) is 0 Å². The molecule has 0 fully saturated rings. The van der Waals surface area contributed by atoms with Crippen molar-refractivity contribution in [1.82, 2.24) is 9.13 Å². The number of rotatable bonds is 4. The van der Waals surface area contributed by atoms with Gasteiger partial charge in [-0.1, -0.05) is 189 Å². The van der Waals surface area contributed by atoms with Gasteiger partial charge in [-0.3, -0.25) is 0 Å². The first kappa shape index (κ1) is 50.7. The fourth-order valence-corrected chi connectivity index (χ4v) is 12.9. The van der Waals surface area contributed by atoms with Crippen LogP contribution in [0.3, 0.4) is 0 Å². The summed E-state index contributed by atoms with van der Waals surface area (Å²) in [5.41, 5.74) is 24.4. The molecule has 0 bridgehead atoms. The Balaban J connectivity index is 1.20. The van der Waals surface area contributed by atoms with Gasteiger partial charge >= 0.3 is 0 Å². The average molecular weight is 1030 g/mol. The molecule has 0 radical (unpaired) electrons. The molecule has 4 heterocycles. The Morgan fingerprint density at radius 3 is 0.835 bits per heavy atom. The summed E-state index contributed by atoms with van der Waals surface area (Å²) in [4.78, 5) is 5.32. The topological polar surface area (TPSA) is 16.3 Å². The van der Waals surface area contributed by atoms with Crippen molar-refractivity contribution in [3.8, 4) is 11.4 Å². The molecule has 5 heteroatoms. The van der Waals surface area contributed by atoms with Crippen LogP contribution in [0.15, 0.2) is 182 Å². The van der Waals surface area contributed by atoms with Crippen molar-refractivity contribution in [3.05, 3.63) is 210 Å². The van der Waals surface area contributed by atoms with Crippen molar-refractivity contribution in [2.45, 2.75) is 131 Å². The van der Waals surface area contributed by atoms with Crippen molar-refractivity contribution in [2.75, 3.05) is 9.80 Å². The van der Waals surface area contributed by atoms with Crippen molar-refractivity contribution >= 4 is 101 Å². The molecule has 0 unspecified atom stereocenters. The fraction of sp³-hybridized carbons (Fsp3) is 0.270. The summed E-state index contributed by atoms with van der Waals surface area (Å²) in [6.07, 6.45) is 0. The highest BCUT2D eigenvalue weighted by Gasteiger charge is 2.45. The predicted molar refractivity (Wildman–Crippen MR) is 343 cm³/mol. The Morgan fingerprint density at radius 2 is 0.544 bits per heavy atom. The maximum Gasteiger partial charge on any atom is 0.252 e. The Bertz CT molecular complexity index is 3860. The van der Waals surface area contributed by atoms with E-state index < -0.39 is 0 Å². The van der Waals surface area contributed by atoms with E-state index in [4.69, 9.17) is 0 Å². The summed E-state index contributed by atoms with van der Waals surface area (Å²) in [5, 5.41) is 5.04. The van der Waals surface area contributed by atoms with Gasteiger partial charge in [0.15, 0.2) is 0 Å². The minimum atomic E-state index is -0.173. The van der Waals surface area contributed by atoms with Gasteiger partial charge in [0.2, 0.25) is 0 Å². The van der Waals surface area contributed by atoms with Crippen LogP contribution >= 0.6 is 0 Å². The Morgan fingerprint density at radius 1 is 0.266 bits per heavy atom. The zero-order valence-corrected chi connectivity index (χ0v) is 49.2. The number of hydrogen-bond acceptors (Lipinski definition) is 2. The second-order valence-corrected chi connectivity index (χ2v) is 28.0. The molecule has 0 N–H and O–H groups in total. The molecule has 79 heavy (non-hydrogen) atoms. The molecule has 11 aromatic rings. The van der Waals surface area contributed by atoms with E-state index in [1.54, 1.807) is 0 Å². The molecule has 2 aliphatic rings. The van der Waals surface area contributed by atoms with E-state index in [1.807, 2.05) is 0 Å². The molecule has 0 amide bonds. The van der Waals surface area contributed by atoms with Crippen molar-refractivity contribution in [3.63, 3.8) is 0 Å². The lowest BCUT2D eigenvalue weighted by molar-refractivity contribution is 0.568. The number of aromatic nitrogens is 2. The third-order valence-electron chi connectivity index (χ3n) is 17.4. The predicted octanol–water partition coefficient (Wildman–Crippen LogP) is 18.5. The summed E-state index contributed by atoms with van der Waals surface area (Å²) in [5.74, 6) is 0. The lowest BCUT2D eigenvalue weighted by Gasteiger charge is -2.46. The Hall–Kier alpha value is -7.76. The molecular weight excluding hydrogens is 956 g/mol. The molecule has 0 saturated heterocycles. The highest BCUT2D eigenvalue weighted by atomic mass is 15.2. The third kappa shape index (κ3) is 8.16. The first-order valence-electron chi connectivity index (χ1n) is 28.7. The number of fused-ring (bicyclic) bond motifs is 10. The first-order chi connectivity index (χ1) is 37.3. The van der Waals surface area contributed by atoms with E-state index in [0.717, 1.165) is 11.4 Å². The second kappa shape index (κ2) is 17.4. The highest BCUT2D eigenvalue weighted by Crippen LogP contribution is 2.49. The van der Waals surface area contributed by atoms with Gasteiger partial charge in [-0.05, 0) is 168 Å². The lowest BCUT2D eigenvalue weighted by Crippen LogP contribution is -2.61. The Kier molecular flexibility index (Phi) is 11.2. The van der Waals surface area contributed by atoms with Gasteiger partial charge in [0.25, 0.3) is 6.71 Å². The van der Waals surface area contributed by atoms with Crippen LogP contribution in [0.1, 0.15) is 132 Å². The minimum Gasteiger partial charge on any atom is -0.311 e. The average Bonchev–Trinajstić information content (AvgIpc) is 4.02. The fourth-order valence-electron chi connectivity index (χ4n) is 12.9. The van der Waals surface area contributed by atoms with E-state index >= 15 is 0 Å². The van der Waals surface area contributed by atoms with Crippen LogP contribution in [0.25, 0.3) is 55.0 Å². The SMILES string of the molecule is CC(C)(C)c1cc(N2c3ccc(-n4c5ccccc5c5ccccc54)cc3B3c4cc(-n5c6ccccc6c6ccccc65)ccc4N(c4cc(C(C)(C)C)cc(C(C)(C)C)c4)c4cc(C(C)(C)C)cc2c43)cc(C(C)(C)C)c1. The van der Waals surface area contributed by atoms with Crippen molar-refractivity contribution in [1.29, 1.82) is 0 Å². The third-order valence-corrected chi connectivity index (χ3v) is 17.4. The highest BCUT2D eigenvalue weighted by molar-refractivity contribution is 7.00. The standard InChI is InChI=1S/C74H75BN4/c1-70(2,3)46-36-47(71(4,5)6)39-53(38-46)78-65-34-32-51(76-61-28-20-16-24-55(61)56-25-17-21-29-62(56)76)44-59(65)75-60-45-52(77-63-30-22-18-26-57(63)58-27-19-23-31-64(58)77)33-35-66(60)79(68-43-50(74(13,14)15)42-67(78)69(68)75)54-40-48(72(7,8)9)37-49(41-54)73(10,11)12/h16-45H,1-15H3. The first-order valence-corrected chi connectivity index (χ1v) is 28.7. The van der Waals surface area contributed by atoms with Gasteiger partial charge in [0.05, 0.1) is 22.1 Å². The molecule has 394 valence electrons. The van der Waals surface area contributed by atoms with Crippen LogP contribution in [-0.2, 0) is 27.1 Å². The zero-order chi connectivity index (χ0) is 55.5. The molecule has 4 nitrogen and oxygen atoms in total. The van der Waals surface area contributed by atoms with Crippen LogP contribution in [-0.4, -0.2) is 15.8 Å². The van der Waals surface area contributed by atoms with E-state index in [9.17, 15) is 0 Å².